The molecule has 0 radical (unpaired) electrons. The van der Waals surface area contributed by atoms with E-state index in [1.807, 2.05) is 12.4 Å². The van der Waals surface area contributed by atoms with Gasteiger partial charge < -0.3 is 9.88 Å². The molecule has 1 N–H and O–H groups in total. The lowest BCUT2D eigenvalue weighted by atomic mass is 10.1. The van der Waals surface area contributed by atoms with E-state index >= 15 is 0 Å². The smallest absolute Gasteiger partial charge is 0.160 e. The average Bonchev–Trinajstić information content (AvgIpc) is 3.33. The fraction of sp³-hybridized carbons (Fsp3) is 0.222. The topological polar surface area (TPSA) is 47.7 Å². The third-order valence-electron chi connectivity index (χ3n) is 4.48. The fourth-order valence-electron chi connectivity index (χ4n) is 3.28. The number of hydrogen-bond acceptors (Lipinski definition) is 4. The predicted molar refractivity (Wildman–Crippen MR) is 96.1 cm³/mol. The Hall–Kier alpha value is -2.44. The molecule has 1 aromatic carbocycles. The molecule has 0 unspecified atom stereocenters. The number of benzene rings is 1. The van der Waals surface area contributed by atoms with Crippen molar-refractivity contribution in [3.63, 3.8) is 0 Å². The molecule has 0 aliphatic carbocycles. The molecular formula is C18H17N5S. The van der Waals surface area contributed by atoms with Crippen LogP contribution >= 0.6 is 11.3 Å². The second kappa shape index (κ2) is 5.58. The largest absolute Gasteiger partial charge is 0.325 e. The van der Waals surface area contributed by atoms with Gasteiger partial charge in [-0.05, 0) is 40.6 Å². The Labute approximate surface area is 143 Å². The van der Waals surface area contributed by atoms with Crippen LogP contribution in [0.4, 0.5) is 0 Å². The van der Waals surface area contributed by atoms with E-state index in [1.54, 1.807) is 11.3 Å². The molecule has 3 aromatic heterocycles. The summed E-state index contributed by atoms with van der Waals surface area (Å²) in [6.07, 6.45) is 3.89. The Morgan fingerprint density at radius 3 is 3.17 bits per heavy atom. The van der Waals surface area contributed by atoms with E-state index in [0.29, 0.717) is 0 Å². The van der Waals surface area contributed by atoms with Crippen LogP contribution in [0.1, 0.15) is 11.3 Å². The third kappa shape index (κ3) is 2.35. The van der Waals surface area contributed by atoms with Gasteiger partial charge in [0.15, 0.2) is 5.82 Å². The minimum absolute atomic E-state index is 0.807. The lowest BCUT2D eigenvalue weighted by Crippen LogP contribution is -2.28. The summed E-state index contributed by atoms with van der Waals surface area (Å²) >= 11 is 1.78. The maximum absolute atomic E-state index is 4.73. The molecule has 0 fully saturated rings. The molecule has 0 atom stereocenters. The number of fused-ring (bicyclic) bond motifs is 2. The van der Waals surface area contributed by atoms with E-state index in [4.69, 9.17) is 5.10 Å². The van der Waals surface area contributed by atoms with E-state index in [9.17, 15) is 0 Å². The van der Waals surface area contributed by atoms with Crippen LogP contribution in [0.15, 0.2) is 48.1 Å². The summed E-state index contributed by atoms with van der Waals surface area (Å²) in [4.78, 5) is 4.55. The van der Waals surface area contributed by atoms with Crippen molar-refractivity contribution < 1.29 is 0 Å². The molecule has 0 spiro atoms. The highest BCUT2D eigenvalue weighted by atomic mass is 32.1. The quantitative estimate of drug-likeness (QED) is 0.626. The Morgan fingerprint density at radius 2 is 2.21 bits per heavy atom. The third-order valence-corrected chi connectivity index (χ3v) is 5.38. The van der Waals surface area contributed by atoms with Gasteiger partial charge in [-0.25, -0.2) is 4.98 Å². The first-order chi connectivity index (χ1) is 11.9. The van der Waals surface area contributed by atoms with Gasteiger partial charge >= 0.3 is 0 Å². The number of thiophene rings is 1. The molecular weight excluding hydrogens is 318 g/mol. The van der Waals surface area contributed by atoms with E-state index in [1.165, 1.54) is 21.3 Å². The maximum Gasteiger partial charge on any atom is 0.160 e. The molecule has 4 heterocycles. The summed E-state index contributed by atoms with van der Waals surface area (Å²) < 4.78 is 5.59. The monoisotopic (exact) mass is 335 g/mol. The van der Waals surface area contributed by atoms with Crippen LogP contribution < -0.4 is 5.32 Å². The van der Waals surface area contributed by atoms with Crippen LogP contribution in [0.25, 0.3) is 21.6 Å². The molecule has 1 aliphatic heterocycles. The highest BCUT2D eigenvalue weighted by Crippen LogP contribution is 2.24. The number of imidazole rings is 1. The predicted octanol–water partition coefficient (Wildman–Crippen LogP) is 3.11. The summed E-state index contributed by atoms with van der Waals surface area (Å²) in [6, 6.07) is 11.0. The first-order valence-electron chi connectivity index (χ1n) is 8.12. The second-order valence-electron chi connectivity index (χ2n) is 6.09. The van der Waals surface area contributed by atoms with Crippen LogP contribution in [0, 0.1) is 0 Å². The molecule has 6 heteroatoms. The van der Waals surface area contributed by atoms with Gasteiger partial charge in [-0.15, -0.1) is 11.3 Å². The van der Waals surface area contributed by atoms with Crippen molar-refractivity contribution in [3.05, 3.63) is 59.4 Å². The number of aromatic nitrogens is 4. The van der Waals surface area contributed by atoms with Crippen molar-refractivity contribution in [1.29, 1.82) is 0 Å². The molecule has 0 saturated heterocycles. The number of nitrogens with zero attached hydrogens (tertiary/aromatic N) is 4. The zero-order valence-corrected chi connectivity index (χ0v) is 14.0. The lowest BCUT2D eigenvalue weighted by Gasteiger charge is -2.13. The molecule has 24 heavy (non-hydrogen) atoms. The molecule has 120 valence electrons. The van der Waals surface area contributed by atoms with Crippen molar-refractivity contribution in [1.82, 2.24) is 24.6 Å². The van der Waals surface area contributed by atoms with Gasteiger partial charge in [0.05, 0.1) is 12.2 Å². The molecule has 1 aliphatic rings. The maximum atomic E-state index is 4.73. The molecule has 0 bridgehead atoms. The standard InChI is InChI=1S/C18H17N5S/c1-2-17-14(3-8-24-17)9-13(1)12-22-6-5-20-18(22)16-10-15-11-19-4-7-23(15)21-16/h1-3,5-6,8-10,19H,4,7,11-12H2. The summed E-state index contributed by atoms with van der Waals surface area (Å²) in [5.74, 6) is 0.933. The van der Waals surface area contributed by atoms with Crippen molar-refractivity contribution in [2.75, 3.05) is 6.54 Å². The minimum Gasteiger partial charge on any atom is -0.325 e. The van der Waals surface area contributed by atoms with E-state index < -0.39 is 0 Å². The zero-order chi connectivity index (χ0) is 15.9. The fourth-order valence-corrected chi connectivity index (χ4v) is 4.05. The summed E-state index contributed by atoms with van der Waals surface area (Å²) in [5.41, 5.74) is 3.46. The van der Waals surface area contributed by atoms with E-state index in [2.05, 4.69) is 55.3 Å². The van der Waals surface area contributed by atoms with E-state index in [-0.39, 0.29) is 0 Å². The van der Waals surface area contributed by atoms with Gasteiger partial charge in [0.2, 0.25) is 0 Å². The van der Waals surface area contributed by atoms with Gasteiger partial charge in [0, 0.05) is 36.7 Å². The Bertz CT molecular complexity index is 986. The second-order valence-corrected chi connectivity index (χ2v) is 7.04. The van der Waals surface area contributed by atoms with E-state index in [0.717, 1.165) is 37.7 Å². The first kappa shape index (κ1) is 13.9. The summed E-state index contributed by atoms with van der Waals surface area (Å²) in [7, 11) is 0. The van der Waals surface area contributed by atoms with Crippen molar-refractivity contribution >= 4 is 21.4 Å². The Kier molecular flexibility index (Phi) is 3.24. The van der Waals surface area contributed by atoms with Gasteiger partial charge in [0.25, 0.3) is 0 Å². The normalized spacial score (nSPS) is 14.2. The van der Waals surface area contributed by atoms with Gasteiger partial charge in [-0.1, -0.05) is 6.07 Å². The van der Waals surface area contributed by atoms with Crippen LogP contribution in [-0.2, 0) is 19.6 Å². The highest BCUT2D eigenvalue weighted by molar-refractivity contribution is 7.17. The van der Waals surface area contributed by atoms with Crippen LogP contribution in [0.5, 0.6) is 0 Å². The summed E-state index contributed by atoms with van der Waals surface area (Å²) in [6.45, 7) is 3.58. The number of rotatable bonds is 3. The van der Waals surface area contributed by atoms with Crippen LogP contribution in [0.3, 0.4) is 0 Å². The van der Waals surface area contributed by atoms with Crippen molar-refractivity contribution in [2.24, 2.45) is 0 Å². The number of nitrogens with one attached hydrogen (secondary N) is 1. The van der Waals surface area contributed by atoms with Gasteiger partial charge in [0.1, 0.15) is 5.69 Å². The summed E-state index contributed by atoms with van der Waals surface area (Å²) in [5, 5.41) is 11.6. The van der Waals surface area contributed by atoms with Crippen molar-refractivity contribution in [2.45, 2.75) is 19.6 Å². The zero-order valence-electron chi connectivity index (χ0n) is 13.1. The Balaban J connectivity index is 1.49. The molecule has 5 rings (SSSR count). The van der Waals surface area contributed by atoms with Gasteiger partial charge in [-0.2, -0.15) is 5.10 Å². The first-order valence-corrected chi connectivity index (χ1v) is 9.00. The Morgan fingerprint density at radius 1 is 1.21 bits per heavy atom. The minimum atomic E-state index is 0.807. The molecule has 5 nitrogen and oxygen atoms in total. The van der Waals surface area contributed by atoms with Crippen LogP contribution in [0.2, 0.25) is 0 Å². The SMILES string of the molecule is c1cn(Cc2ccc3sccc3c2)c(-c2cc3n(n2)CCNC3)n1. The lowest BCUT2D eigenvalue weighted by molar-refractivity contribution is 0.476. The van der Waals surface area contributed by atoms with Crippen molar-refractivity contribution in [3.8, 4) is 11.5 Å². The molecule has 0 amide bonds. The van der Waals surface area contributed by atoms with Gasteiger partial charge in [-0.3, -0.25) is 4.68 Å². The molecule has 0 saturated carbocycles. The average molecular weight is 335 g/mol. The highest BCUT2D eigenvalue weighted by Gasteiger charge is 2.16. The van der Waals surface area contributed by atoms with Crippen LogP contribution in [-0.4, -0.2) is 25.9 Å². The molecule has 4 aromatic rings. The number of hydrogen-bond donors (Lipinski definition) is 1.